The van der Waals surface area contributed by atoms with Gasteiger partial charge in [0, 0.05) is 27.2 Å². The Morgan fingerprint density at radius 2 is 0.537 bits per heavy atom. The number of aryl methyl sites for hydroxylation is 8. The van der Waals surface area contributed by atoms with Crippen LogP contribution in [0.25, 0.3) is 0 Å². The van der Waals surface area contributed by atoms with Gasteiger partial charge in [-0.15, -0.1) is 0 Å². The Morgan fingerprint density at radius 3 is 0.793 bits per heavy atom. The molecule has 0 aromatic heterocycles. The molecule has 0 spiro atoms. The van der Waals surface area contributed by atoms with E-state index in [0.717, 1.165) is 85.9 Å². The summed E-state index contributed by atoms with van der Waals surface area (Å²) in [5.74, 6) is 5.46. The average molecular weight is 1120 g/mol. The first-order valence-corrected chi connectivity index (χ1v) is 31.3. The van der Waals surface area contributed by atoms with Crippen molar-refractivity contribution >= 4 is 47.7 Å². The fourth-order valence-corrected chi connectivity index (χ4v) is 16.5. The van der Waals surface area contributed by atoms with Crippen LogP contribution in [0.3, 0.4) is 0 Å². The van der Waals surface area contributed by atoms with Crippen molar-refractivity contribution in [3.8, 4) is 34.5 Å². The number of benzene rings is 10. The minimum atomic E-state index is -1.11. The first-order valence-electron chi connectivity index (χ1n) is 28.6. The maximum Gasteiger partial charge on any atom is 0.139 e. The van der Waals surface area contributed by atoms with Crippen molar-refractivity contribution in [1.29, 1.82) is 0 Å². The zero-order valence-electron chi connectivity index (χ0n) is 48.0. The van der Waals surface area contributed by atoms with Gasteiger partial charge < -0.3 is 23.7 Å². The Labute approximate surface area is 488 Å². The zero-order chi connectivity index (χ0) is 56.4. The topological polar surface area (TPSA) is 46.2 Å². The Hall–Kier alpha value is -7.94. The van der Waals surface area contributed by atoms with Gasteiger partial charge in [-0.1, -0.05) is 196 Å². The third-order valence-corrected chi connectivity index (χ3v) is 21.0. The molecule has 0 bridgehead atoms. The largest absolute Gasteiger partial charge is 0.497 e. The van der Waals surface area contributed by atoms with Gasteiger partial charge in [0.05, 0.1) is 28.4 Å². The molecule has 0 radical (unpaired) electrons. The highest BCUT2D eigenvalue weighted by Crippen LogP contribution is 2.52. The summed E-state index contributed by atoms with van der Waals surface area (Å²) >= 11 is 0. The van der Waals surface area contributed by atoms with E-state index in [1.807, 2.05) is 0 Å². The van der Waals surface area contributed by atoms with Crippen molar-refractivity contribution < 1.29 is 23.7 Å². The first kappa shape index (κ1) is 55.9. The quantitative estimate of drug-likeness (QED) is 0.0633. The first-order chi connectivity index (χ1) is 40.2. The number of hydrogen-bond donors (Lipinski definition) is 0. The molecule has 0 aliphatic carbocycles. The lowest BCUT2D eigenvalue weighted by Gasteiger charge is -2.38. The molecule has 0 N–H and O–H groups in total. The zero-order valence-corrected chi connectivity index (χ0v) is 49.8. The maximum atomic E-state index is 7.83. The molecule has 0 amide bonds. The van der Waals surface area contributed by atoms with Crippen molar-refractivity contribution in [3.05, 3.63) is 286 Å². The van der Waals surface area contributed by atoms with Crippen molar-refractivity contribution in [1.82, 2.24) is 0 Å². The van der Waals surface area contributed by atoms with E-state index < -0.39 is 15.8 Å². The molecule has 1 heterocycles. The van der Waals surface area contributed by atoms with Gasteiger partial charge in [-0.25, -0.2) is 0 Å². The summed E-state index contributed by atoms with van der Waals surface area (Å²) in [6, 6.07) is 85.3. The molecule has 10 aromatic rings. The lowest BCUT2D eigenvalue weighted by molar-refractivity contribution is 0.414. The van der Waals surface area contributed by atoms with Crippen molar-refractivity contribution in [2.24, 2.45) is 0 Å². The van der Waals surface area contributed by atoms with Gasteiger partial charge in [0.1, 0.15) is 34.5 Å². The van der Waals surface area contributed by atoms with E-state index in [4.69, 9.17) is 23.7 Å². The second kappa shape index (κ2) is 25.9. The van der Waals surface area contributed by atoms with Crippen LogP contribution in [-0.2, 0) is 56.8 Å². The second-order valence-corrected chi connectivity index (χ2v) is 26.1. The summed E-state index contributed by atoms with van der Waals surface area (Å²) in [7, 11) is 4.67. The minimum Gasteiger partial charge on any atom is -0.497 e. The number of methoxy groups -OCH3 is 4. The molecule has 11 rings (SSSR count). The van der Waals surface area contributed by atoms with E-state index in [0.29, 0.717) is 0 Å². The van der Waals surface area contributed by atoms with Crippen LogP contribution in [0.1, 0.15) is 69.5 Å². The number of hydrogen-bond acceptors (Lipinski definition) is 5. The highest BCUT2D eigenvalue weighted by molar-refractivity contribution is 7.80. The molecule has 1 aliphatic rings. The van der Waals surface area contributed by atoms with E-state index in [1.54, 1.807) is 28.4 Å². The molecule has 0 atom stereocenters. The summed E-state index contributed by atoms with van der Waals surface area (Å²) in [5.41, 5.74) is 12.5. The predicted octanol–water partition coefficient (Wildman–Crippen LogP) is 14.8. The Balaban J connectivity index is 1.00. The fraction of sp³-hybridized carbons (Fsp3) is 0.200. The number of fused-ring (bicyclic) bond motifs is 2. The molecule has 0 saturated carbocycles. The lowest BCUT2D eigenvalue weighted by Crippen LogP contribution is -2.33. The summed E-state index contributed by atoms with van der Waals surface area (Å²) < 4.78 is 29.8. The Morgan fingerprint density at radius 1 is 0.293 bits per heavy atom. The standard InChI is InChI=1S/C75H72O5P2/c1-75(2)69-21-11-23-71(81(65-17-7-13-57(49-65)29-25-53-33-41-61(76-3)42-34-53)66-18-8-14-58(50-66)30-26-54-35-43-62(77-4)44-36-54)73(69)80-74-70(75)22-12-24-72(74)82(67-19-9-15-59(51-67)31-27-55-37-45-63(78-5)46-38-55)68-20-10-16-60(52-68)32-28-56-39-47-64(79-6)48-40-56/h7-24,33-52H,25-32H2,1-6H3. The van der Waals surface area contributed by atoms with E-state index in [9.17, 15) is 0 Å². The molecular formula is C75H72O5P2. The SMILES string of the molecule is COc1ccc(CCc2cccc(P(c3cccc(CCc4ccc(OC)cc4)c3)c3cccc4c3Oc3c(P(c5cccc(CCc6ccc(OC)cc6)c5)c5cccc(CCc6ccc(OC)cc6)c5)cccc3C4(C)C)c2)cc1. The average Bonchev–Trinajstić information content (AvgIpc) is 2.16. The molecule has 0 unspecified atom stereocenters. The van der Waals surface area contributed by atoms with E-state index in [-0.39, 0.29) is 5.41 Å². The summed E-state index contributed by atoms with van der Waals surface area (Å²) in [6.07, 6.45) is 7.43. The van der Waals surface area contributed by atoms with Gasteiger partial charge in [0.15, 0.2) is 0 Å². The lowest BCUT2D eigenvalue weighted by atomic mass is 9.76. The number of rotatable bonds is 22. The third kappa shape index (κ3) is 12.9. The molecule has 82 heavy (non-hydrogen) atoms. The van der Waals surface area contributed by atoms with Crippen molar-refractivity contribution in [3.63, 3.8) is 0 Å². The van der Waals surface area contributed by atoms with Crippen LogP contribution in [0.4, 0.5) is 0 Å². The molecule has 10 aromatic carbocycles. The molecule has 1 aliphatic heterocycles. The normalized spacial score (nSPS) is 12.3. The van der Waals surface area contributed by atoms with Crippen LogP contribution in [-0.4, -0.2) is 28.4 Å². The van der Waals surface area contributed by atoms with Gasteiger partial charge in [-0.3, -0.25) is 0 Å². The molecule has 7 heteroatoms. The van der Waals surface area contributed by atoms with Crippen LogP contribution in [0.2, 0.25) is 0 Å². The monoisotopic (exact) mass is 1110 g/mol. The molecule has 0 saturated heterocycles. The minimum absolute atomic E-state index is 0.377. The third-order valence-electron chi connectivity index (χ3n) is 16.1. The highest BCUT2D eigenvalue weighted by Gasteiger charge is 2.39. The van der Waals surface area contributed by atoms with Gasteiger partial charge >= 0.3 is 0 Å². The van der Waals surface area contributed by atoms with Crippen LogP contribution in [0.15, 0.2) is 231 Å². The Kier molecular flexibility index (Phi) is 17.7. The molecule has 412 valence electrons. The van der Waals surface area contributed by atoms with Crippen LogP contribution in [0, 0.1) is 0 Å². The van der Waals surface area contributed by atoms with Gasteiger partial charge in [-0.2, -0.15) is 0 Å². The van der Waals surface area contributed by atoms with Crippen molar-refractivity contribution in [2.75, 3.05) is 28.4 Å². The van der Waals surface area contributed by atoms with Crippen LogP contribution < -0.4 is 55.5 Å². The second-order valence-electron chi connectivity index (χ2n) is 21.8. The van der Waals surface area contributed by atoms with Gasteiger partial charge in [0.25, 0.3) is 0 Å². The predicted molar refractivity (Wildman–Crippen MR) is 344 cm³/mol. The smallest absolute Gasteiger partial charge is 0.139 e. The number of ether oxygens (including phenoxy) is 5. The molecular weight excluding hydrogens is 1040 g/mol. The summed E-state index contributed by atoms with van der Waals surface area (Å²) in [5, 5.41) is 7.69. The fourth-order valence-electron chi connectivity index (χ4n) is 11.4. The summed E-state index contributed by atoms with van der Waals surface area (Å²) in [6.45, 7) is 4.79. The summed E-state index contributed by atoms with van der Waals surface area (Å²) in [4.78, 5) is 0. The van der Waals surface area contributed by atoms with Crippen molar-refractivity contribution in [2.45, 2.75) is 70.6 Å². The number of para-hydroxylation sites is 2. The maximum absolute atomic E-state index is 7.83. The van der Waals surface area contributed by atoms with Crippen LogP contribution in [0.5, 0.6) is 34.5 Å². The van der Waals surface area contributed by atoms with Gasteiger partial charge in [-0.05, 0) is 181 Å². The highest BCUT2D eigenvalue weighted by atomic mass is 31.1. The Bertz CT molecular complexity index is 3320. The molecule has 0 fully saturated rings. The molecule has 5 nitrogen and oxygen atoms in total. The van der Waals surface area contributed by atoms with E-state index in [1.165, 1.54) is 87.5 Å². The van der Waals surface area contributed by atoms with E-state index in [2.05, 4.69) is 244 Å². The van der Waals surface area contributed by atoms with E-state index >= 15 is 0 Å². The van der Waals surface area contributed by atoms with Crippen LogP contribution >= 0.6 is 15.8 Å². The van der Waals surface area contributed by atoms with Gasteiger partial charge in [0.2, 0.25) is 0 Å².